The second-order valence-corrected chi connectivity index (χ2v) is 3.05. The van der Waals surface area contributed by atoms with Crippen molar-refractivity contribution >= 4 is 23.2 Å². The Bertz CT molecular complexity index is 500. The quantitative estimate of drug-likeness (QED) is 0.364. The van der Waals surface area contributed by atoms with E-state index in [4.69, 9.17) is 0 Å². The highest BCUT2D eigenvalue weighted by Crippen LogP contribution is 2.16. The first kappa shape index (κ1) is 8.74. The van der Waals surface area contributed by atoms with Crippen LogP contribution in [0.1, 0.15) is 12.5 Å². The van der Waals surface area contributed by atoms with Gasteiger partial charge in [-0.3, -0.25) is 4.67 Å². The summed E-state index contributed by atoms with van der Waals surface area (Å²) in [5.74, 6) is 0. The maximum Gasteiger partial charge on any atom is 0.153 e. The number of hydrogen-bond acceptors (Lipinski definition) is 0. The lowest BCUT2D eigenvalue weighted by Crippen LogP contribution is -1.86. The summed E-state index contributed by atoms with van der Waals surface area (Å²) < 4.78 is 4.02. The highest BCUT2D eigenvalue weighted by molar-refractivity contribution is 5.99. The van der Waals surface area contributed by atoms with E-state index in [1.54, 1.807) is 6.92 Å². The maximum absolute atomic E-state index is 4.02. The van der Waals surface area contributed by atoms with E-state index in [-0.39, 0.29) is 0 Å². The monoisotopic (exact) mass is 181 g/mol. The van der Waals surface area contributed by atoms with Crippen molar-refractivity contribution in [2.75, 3.05) is 0 Å². The smallest absolute Gasteiger partial charge is 0.153 e. The van der Waals surface area contributed by atoms with Gasteiger partial charge in [-0.2, -0.15) is 0 Å². The van der Waals surface area contributed by atoms with E-state index in [1.165, 1.54) is 10.8 Å². The van der Waals surface area contributed by atoms with E-state index in [1.807, 2.05) is 24.4 Å². The van der Waals surface area contributed by atoms with Gasteiger partial charge in [-0.05, 0) is 23.3 Å². The SMILES string of the molecule is C[C-]=[N+]=Cc1cccc2ccccc12. The van der Waals surface area contributed by atoms with Crippen LogP contribution in [0.15, 0.2) is 42.5 Å². The molecule has 0 saturated heterocycles. The zero-order valence-electron chi connectivity index (χ0n) is 8.07. The van der Waals surface area contributed by atoms with Crippen LogP contribution in [0.25, 0.3) is 10.8 Å². The summed E-state index contributed by atoms with van der Waals surface area (Å²) >= 11 is 0. The first-order chi connectivity index (χ1) is 6.92. The van der Waals surface area contributed by atoms with Crippen LogP contribution in [0.3, 0.4) is 0 Å². The van der Waals surface area contributed by atoms with Gasteiger partial charge in [-0.15, -0.1) is 0 Å². The summed E-state index contributed by atoms with van der Waals surface area (Å²) in [5, 5.41) is 2.47. The molecular formula is C13H11N. The van der Waals surface area contributed by atoms with E-state index in [0.717, 1.165) is 5.56 Å². The fourth-order valence-electron chi connectivity index (χ4n) is 1.50. The highest BCUT2D eigenvalue weighted by Gasteiger charge is 1.95. The van der Waals surface area contributed by atoms with Crippen molar-refractivity contribution in [3.05, 3.63) is 48.0 Å². The molecule has 0 bridgehead atoms. The minimum atomic E-state index is 1.14. The fourth-order valence-corrected chi connectivity index (χ4v) is 1.50. The molecule has 14 heavy (non-hydrogen) atoms. The predicted octanol–water partition coefficient (Wildman–Crippen LogP) is 2.29. The molecule has 0 fully saturated rings. The Morgan fingerprint density at radius 2 is 1.86 bits per heavy atom. The second kappa shape index (κ2) is 3.91. The number of rotatable bonds is 1. The van der Waals surface area contributed by atoms with E-state index in [9.17, 15) is 0 Å². The molecule has 2 rings (SSSR count). The van der Waals surface area contributed by atoms with Gasteiger partial charge in [0.1, 0.15) is 6.21 Å². The molecule has 0 atom stereocenters. The fraction of sp³-hybridized carbons (Fsp3) is 0.0769. The molecule has 0 heterocycles. The Morgan fingerprint density at radius 3 is 2.71 bits per heavy atom. The van der Waals surface area contributed by atoms with Crippen molar-refractivity contribution in [3.63, 3.8) is 0 Å². The van der Waals surface area contributed by atoms with E-state index >= 15 is 0 Å². The van der Waals surface area contributed by atoms with Gasteiger partial charge in [0.05, 0.1) is 0 Å². The Kier molecular flexibility index (Phi) is 2.44. The zero-order valence-corrected chi connectivity index (χ0v) is 8.07. The lowest BCUT2D eigenvalue weighted by atomic mass is 10.1. The normalized spacial score (nSPS) is 9.50. The molecule has 1 heteroatoms. The molecule has 0 spiro atoms. The average molecular weight is 181 g/mol. The predicted molar refractivity (Wildman–Crippen MR) is 61.9 cm³/mol. The Balaban J connectivity index is 2.71. The van der Waals surface area contributed by atoms with Gasteiger partial charge in [0.15, 0.2) is 6.21 Å². The van der Waals surface area contributed by atoms with Crippen LogP contribution < -0.4 is 4.67 Å². The minimum Gasteiger partial charge on any atom is -0.290 e. The first-order valence-electron chi connectivity index (χ1n) is 4.59. The van der Waals surface area contributed by atoms with Crippen LogP contribution in [-0.4, -0.2) is 12.4 Å². The van der Waals surface area contributed by atoms with Crippen molar-refractivity contribution in [3.8, 4) is 0 Å². The summed E-state index contributed by atoms with van der Waals surface area (Å²) in [6, 6.07) is 14.5. The highest BCUT2D eigenvalue weighted by atomic mass is 14.5. The number of benzene rings is 2. The van der Waals surface area contributed by atoms with Crippen molar-refractivity contribution in [2.45, 2.75) is 6.92 Å². The number of fused-ring (bicyclic) bond motifs is 1. The summed E-state index contributed by atoms with van der Waals surface area (Å²) in [6.07, 6.45) is 4.59. The number of nitrogens with zero attached hydrogens (tertiary/aromatic N) is 1. The Morgan fingerprint density at radius 1 is 1.07 bits per heavy atom. The third-order valence-corrected chi connectivity index (χ3v) is 2.16. The van der Waals surface area contributed by atoms with Gasteiger partial charge in [0, 0.05) is 0 Å². The Hall–Kier alpha value is -1.85. The average Bonchev–Trinajstić information content (AvgIpc) is 2.26. The molecule has 2 aromatic carbocycles. The molecule has 0 radical (unpaired) electrons. The Labute approximate surface area is 83.4 Å². The van der Waals surface area contributed by atoms with Crippen LogP contribution in [0.5, 0.6) is 0 Å². The molecule has 0 aromatic heterocycles. The summed E-state index contributed by atoms with van der Waals surface area (Å²) in [5.41, 5.74) is 1.14. The van der Waals surface area contributed by atoms with Crippen LogP contribution in [0.4, 0.5) is 0 Å². The molecule has 0 aliphatic heterocycles. The lowest BCUT2D eigenvalue weighted by molar-refractivity contribution is 1.65. The third-order valence-electron chi connectivity index (χ3n) is 2.16. The van der Waals surface area contributed by atoms with Gasteiger partial charge in [0.25, 0.3) is 0 Å². The minimum absolute atomic E-state index is 1.14. The molecular weight excluding hydrogens is 170 g/mol. The molecule has 0 N–H and O–H groups in total. The van der Waals surface area contributed by atoms with Gasteiger partial charge >= 0.3 is 0 Å². The first-order valence-corrected chi connectivity index (χ1v) is 4.59. The van der Waals surface area contributed by atoms with Crippen molar-refractivity contribution in [1.82, 2.24) is 4.67 Å². The van der Waals surface area contributed by atoms with Gasteiger partial charge < -0.3 is 0 Å². The number of hydrogen-bond donors (Lipinski definition) is 0. The summed E-state index contributed by atoms with van der Waals surface area (Å²) in [6.45, 7) is 1.79. The summed E-state index contributed by atoms with van der Waals surface area (Å²) in [4.78, 5) is 0. The van der Waals surface area contributed by atoms with Crippen molar-refractivity contribution < 1.29 is 0 Å². The molecule has 0 amide bonds. The topological polar surface area (TPSA) is 14.1 Å². The van der Waals surface area contributed by atoms with Crippen LogP contribution in [0.2, 0.25) is 0 Å². The largest absolute Gasteiger partial charge is 0.290 e. The molecule has 0 aliphatic rings. The zero-order chi connectivity index (χ0) is 9.80. The standard InChI is InChI=1S/C13H11N/c1-2-14-10-12-8-5-7-11-6-3-4-9-13(11)12/h3-10H,1H3. The van der Waals surface area contributed by atoms with Crippen LogP contribution >= 0.6 is 0 Å². The molecule has 1 nitrogen and oxygen atoms in total. The van der Waals surface area contributed by atoms with Crippen molar-refractivity contribution in [2.24, 2.45) is 0 Å². The molecule has 0 saturated carbocycles. The van der Waals surface area contributed by atoms with Gasteiger partial charge in [0.2, 0.25) is 0 Å². The molecule has 0 aliphatic carbocycles. The van der Waals surface area contributed by atoms with Gasteiger partial charge in [-0.25, -0.2) is 0 Å². The maximum atomic E-state index is 4.02. The second-order valence-electron chi connectivity index (χ2n) is 3.05. The van der Waals surface area contributed by atoms with Crippen LogP contribution in [0, 0.1) is 0 Å². The lowest BCUT2D eigenvalue weighted by Gasteiger charge is -1.99. The van der Waals surface area contributed by atoms with E-state index in [0.29, 0.717) is 0 Å². The third kappa shape index (κ3) is 1.59. The van der Waals surface area contributed by atoms with E-state index < -0.39 is 0 Å². The summed E-state index contributed by atoms with van der Waals surface area (Å²) in [7, 11) is 0. The van der Waals surface area contributed by atoms with Crippen molar-refractivity contribution in [1.29, 1.82) is 0 Å². The van der Waals surface area contributed by atoms with Gasteiger partial charge in [-0.1, -0.05) is 42.5 Å². The van der Waals surface area contributed by atoms with Crippen LogP contribution in [-0.2, 0) is 0 Å². The van der Waals surface area contributed by atoms with E-state index in [2.05, 4.69) is 35.1 Å². The molecule has 68 valence electrons. The molecule has 2 aromatic rings. The molecule has 0 unspecified atom stereocenters.